The summed E-state index contributed by atoms with van der Waals surface area (Å²) < 4.78 is 2.65. The third-order valence-corrected chi connectivity index (χ3v) is 7.40. The molecule has 2 heteroatoms. The smallest absolute Gasteiger partial charge is 0.0719 e. The topological polar surface area (TPSA) is 12.9 Å². The molecule has 0 spiro atoms. The molecule has 0 saturated carbocycles. The van der Waals surface area contributed by atoms with Crippen molar-refractivity contribution in [1.82, 2.24) is 4.98 Å². The van der Waals surface area contributed by atoms with Gasteiger partial charge in [0.2, 0.25) is 0 Å². The fraction of sp³-hybridized carbons (Fsp3) is 0.207. The van der Waals surface area contributed by atoms with E-state index in [2.05, 4.69) is 95.3 Å². The van der Waals surface area contributed by atoms with Crippen molar-refractivity contribution >= 4 is 31.5 Å². The minimum atomic E-state index is 0.483. The number of pyridine rings is 1. The lowest BCUT2D eigenvalue weighted by Crippen LogP contribution is -1.93. The third-order valence-electron chi connectivity index (χ3n) is 6.20. The lowest BCUT2D eigenvalue weighted by Gasteiger charge is -2.15. The van der Waals surface area contributed by atoms with E-state index in [0.717, 1.165) is 5.69 Å². The first kappa shape index (κ1) is 20.0. The molecule has 5 aromatic rings. The maximum absolute atomic E-state index is 4.77. The second kappa shape index (κ2) is 7.62. The number of fused-ring (bicyclic) bond motifs is 3. The second-order valence-corrected chi connectivity index (χ2v) is 9.92. The molecule has 0 aliphatic heterocycles. The molecule has 0 aliphatic rings. The van der Waals surface area contributed by atoms with Gasteiger partial charge in [0.1, 0.15) is 0 Å². The molecular formula is C29H27NS. The molecule has 0 radical (unpaired) electrons. The van der Waals surface area contributed by atoms with E-state index < -0.39 is 0 Å². The Bertz CT molecular complexity index is 1420. The predicted octanol–water partition coefficient (Wildman–Crippen LogP) is 8.83. The summed E-state index contributed by atoms with van der Waals surface area (Å²) >= 11 is 1.88. The van der Waals surface area contributed by atoms with Crippen LogP contribution in [-0.4, -0.2) is 4.98 Å². The van der Waals surface area contributed by atoms with Gasteiger partial charge in [-0.2, -0.15) is 0 Å². The molecule has 0 saturated heterocycles. The molecular weight excluding hydrogens is 394 g/mol. The monoisotopic (exact) mass is 421 g/mol. The minimum absolute atomic E-state index is 0.483. The Balaban J connectivity index is 1.87. The Morgan fingerprint density at radius 1 is 0.806 bits per heavy atom. The molecule has 2 aromatic heterocycles. The van der Waals surface area contributed by atoms with Crippen LogP contribution in [0.3, 0.4) is 0 Å². The van der Waals surface area contributed by atoms with Gasteiger partial charge >= 0.3 is 0 Å². The van der Waals surface area contributed by atoms with Gasteiger partial charge in [-0.15, -0.1) is 11.3 Å². The summed E-state index contributed by atoms with van der Waals surface area (Å²) in [6.07, 6.45) is 1.95. The predicted molar refractivity (Wildman–Crippen MR) is 136 cm³/mol. The van der Waals surface area contributed by atoms with E-state index in [0.29, 0.717) is 5.92 Å². The highest BCUT2D eigenvalue weighted by molar-refractivity contribution is 7.26. The molecule has 0 fully saturated rings. The standard InChI is InChI=1S/C29H27NS/c1-17(2)21-12-13-30-25(16-21)22-10-11-24(27-19(4)14-18(3)15-20(27)5)28-23-8-6-7-9-26(23)31-29(22)28/h6-17H,1-5H3. The van der Waals surface area contributed by atoms with Gasteiger partial charge in [0.15, 0.2) is 0 Å². The van der Waals surface area contributed by atoms with Crippen molar-refractivity contribution in [2.45, 2.75) is 40.5 Å². The van der Waals surface area contributed by atoms with Crippen molar-refractivity contribution < 1.29 is 0 Å². The third kappa shape index (κ3) is 3.36. The summed E-state index contributed by atoms with van der Waals surface area (Å²) in [5, 5.41) is 2.68. The number of thiophene rings is 1. The largest absolute Gasteiger partial charge is 0.256 e. The van der Waals surface area contributed by atoms with Gasteiger partial charge in [-0.25, -0.2) is 0 Å². The summed E-state index contributed by atoms with van der Waals surface area (Å²) in [7, 11) is 0. The average molecular weight is 422 g/mol. The number of nitrogens with zero attached hydrogens (tertiary/aromatic N) is 1. The first-order chi connectivity index (χ1) is 14.9. The van der Waals surface area contributed by atoms with Crippen LogP contribution in [0.25, 0.3) is 42.6 Å². The summed E-state index contributed by atoms with van der Waals surface area (Å²) in [5.41, 5.74) is 10.3. The van der Waals surface area contributed by atoms with Crippen molar-refractivity contribution in [3.63, 3.8) is 0 Å². The molecule has 154 valence electrons. The van der Waals surface area contributed by atoms with Crippen molar-refractivity contribution in [2.75, 3.05) is 0 Å². The molecule has 3 aromatic carbocycles. The quantitative estimate of drug-likeness (QED) is 0.283. The highest BCUT2D eigenvalue weighted by Crippen LogP contribution is 2.45. The summed E-state index contributed by atoms with van der Waals surface area (Å²) in [6, 6.07) is 22.3. The SMILES string of the molecule is Cc1cc(C)c(-c2ccc(-c3cc(C(C)C)ccn3)c3sc4ccccc4c23)c(C)c1. The van der Waals surface area contributed by atoms with E-state index in [-0.39, 0.29) is 0 Å². The lowest BCUT2D eigenvalue weighted by molar-refractivity contribution is 0.864. The normalized spacial score (nSPS) is 11.7. The van der Waals surface area contributed by atoms with E-state index in [9.17, 15) is 0 Å². The van der Waals surface area contributed by atoms with Gasteiger partial charge in [-0.3, -0.25) is 4.98 Å². The Morgan fingerprint density at radius 3 is 2.26 bits per heavy atom. The van der Waals surface area contributed by atoms with E-state index in [1.807, 2.05) is 17.5 Å². The number of aromatic nitrogens is 1. The molecule has 0 bridgehead atoms. The molecule has 0 amide bonds. The Hall–Kier alpha value is -2.97. The molecule has 0 aliphatic carbocycles. The van der Waals surface area contributed by atoms with E-state index in [1.165, 1.54) is 59.1 Å². The zero-order valence-corrected chi connectivity index (χ0v) is 19.6. The van der Waals surface area contributed by atoms with Gasteiger partial charge in [0.25, 0.3) is 0 Å². The molecule has 0 atom stereocenters. The van der Waals surface area contributed by atoms with Crippen LogP contribution in [-0.2, 0) is 0 Å². The highest BCUT2D eigenvalue weighted by Gasteiger charge is 2.18. The Labute approximate surface area is 188 Å². The van der Waals surface area contributed by atoms with E-state index in [1.54, 1.807) is 0 Å². The van der Waals surface area contributed by atoms with Crippen molar-refractivity contribution in [3.8, 4) is 22.4 Å². The van der Waals surface area contributed by atoms with Crippen molar-refractivity contribution in [3.05, 3.63) is 89.1 Å². The zero-order valence-electron chi connectivity index (χ0n) is 18.8. The zero-order chi connectivity index (χ0) is 21.7. The van der Waals surface area contributed by atoms with Gasteiger partial charge in [0, 0.05) is 31.9 Å². The van der Waals surface area contributed by atoms with Crippen LogP contribution in [0.4, 0.5) is 0 Å². The van der Waals surface area contributed by atoms with Gasteiger partial charge < -0.3 is 0 Å². The molecule has 2 heterocycles. The van der Waals surface area contributed by atoms with E-state index in [4.69, 9.17) is 4.98 Å². The van der Waals surface area contributed by atoms with Crippen molar-refractivity contribution in [1.29, 1.82) is 0 Å². The van der Waals surface area contributed by atoms with Crippen LogP contribution in [0.15, 0.2) is 66.9 Å². The fourth-order valence-corrected chi connectivity index (χ4v) is 6.05. The average Bonchev–Trinajstić information content (AvgIpc) is 3.13. The molecule has 1 nitrogen and oxygen atoms in total. The Morgan fingerprint density at radius 2 is 1.52 bits per heavy atom. The van der Waals surface area contributed by atoms with Crippen LogP contribution in [0.5, 0.6) is 0 Å². The number of rotatable bonds is 3. The molecule has 5 rings (SSSR count). The van der Waals surface area contributed by atoms with Crippen molar-refractivity contribution in [2.24, 2.45) is 0 Å². The van der Waals surface area contributed by atoms with Crippen LogP contribution < -0.4 is 0 Å². The number of aryl methyl sites for hydroxylation is 3. The maximum Gasteiger partial charge on any atom is 0.0719 e. The first-order valence-electron chi connectivity index (χ1n) is 10.9. The van der Waals surface area contributed by atoms with E-state index >= 15 is 0 Å². The lowest BCUT2D eigenvalue weighted by atomic mass is 9.89. The maximum atomic E-state index is 4.77. The summed E-state index contributed by atoms with van der Waals surface area (Å²) in [6.45, 7) is 11.1. The number of hydrogen-bond donors (Lipinski definition) is 0. The summed E-state index contributed by atoms with van der Waals surface area (Å²) in [4.78, 5) is 4.77. The number of hydrogen-bond acceptors (Lipinski definition) is 2. The van der Waals surface area contributed by atoms with Crippen LogP contribution in [0, 0.1) is 20.8 Å². The van der Waals surface area contributed by atoms with Gasteiger partial charge in [0.05, 0.1) is 5.69 Å². The minimum Gasteiger partial charge on any atom is -0.256 e. The Kier molecular flexibility index (Phi) is 4.91. The summed E-state index contributed by atoms with van der Waals surface area (Å²) in [5.74, 6) is 0.483. The van der Waals surface area contributed by atoms with Gasteiger partial charge in [-0.1, -0.05) is 61.9 Å². The number of benzene rings is 3. The fourth-order valence-electron chi connectivity index (χ4n) is 4.80. The molecule has 0 unspecified atom stereocenters. The van der Waals surface area contributed by atoms with Crippen LogP contribution in [0.2, 0.25) is 0 Å². The highest BCUT2D eigenvalue weighted by atomic mass is 32.1. The van der Waals surface area contributed by atoms with Gasteiger partial charge in [-0.05, 0) is 72.7 Å². The first-order valence-corrected chi connectivity index (χ1v) is 11.7. The second-order valence-electron chi connectivity index (χ2n) is 8.87. The van der Waals surface area contributed by atoms with Crippen LogP contribution >= 0.6 is 11.3 Å². The molecule has 0 N–H and O–H groups in total. The van der Waals surface area contributed by atoms with Crippen LogP contribution in [0.1, 0.15) is 42.0 Å². The molecule has 31 heavy (non-hydrogen) atoms.